The van der Waals surface area contributed by atoms with Gasteiger partial charge in [0.05, 0.1) is 7.11 Å². The summed E-state index contributed by atoms with van der Waals surface area (Å²) >= 11 is 0. The van der Waals surface area contributed by atoms with Crippen molar-refractivity contribution in [3.8, 4) is 5.75 Å². The Kier molecular flexibility index (Phi) is 2.63. The smallest absolute Gasteiger partial charge is 0.123 e. The van der Waals surface area contributed by atoms with Crippen molar-refractivity contribution in [3.63, 3.8) is 0 Å². The number of benzene rings is 1. The van der Waals surface area contributed by atoms with Crippen molar-refractivity contribution >= 4 is 0 Å². The first-order valence-corrected chi connectivity index (χ1v) is 6.70. The van der Waals surface area contributed by atoms with Crippen molar-refractivity contribution in [2.45, 2.75) is 49.5 Å². The van der Waals surface area contributed by atoms with Crippen LogP contribution in [-0.4, -0.2) is 12.6 Å². The molecule has 3 aliphatic rings. The fourth-order valence-electron chi connectivity index (χ4n) is 3.71. The molecule has 0 heterocycles. The van der Waals surface area contributed by atoms with E-state index in [0.29, 0.717) is 0 Å². The standard InChI is InChI=1S/C15H20FNO/c1-18-13-3-2-11(16)10-12(13)14-4-7-15(17,8-5-14)9-6-14/h2-3,10H,4-9,17H2,1H3. The molecule has 3 fully saturated rings. The summed E-state index contributed by atoms with van der Waals surface area (Å²) in [6, 6.07) is 4.88. The van der Waals surface area contributed by atoms with Crippen molar-refractivity contribution in [2.75, 3.05) is 7.11 Å². The molecule has 2 bridgehead atoms. The van der Waals surface area contributed by atoms with E-state index >= 15 is 0 Å². The van der Waals surface area contributed by atoms with Crippen molar-refractivity contribution in [1.29, 1.82) is 0 Å². The van der Waals surface area contributed by atoms with E-state index in [4.69, 9.17) is 10.5 Å². The van der Waals surface area contributed by atoms with E-state index in [1.807, 2.05) is 0 Å². The summed E-state index contributed by atoms with van der Waals surface area (Å²) in [6.45, 7) is 0. The van der Waals surface area contributed by atoms with E-state index in [2.05, 4.69) is 0 Å². The van der Waals surface area contributed by atoms with Gasteiger partial charge in [-0.05, 0) is 62.1 Å². The largest absolute Gasteiger partial charge is 0.496 e. The second-order valence-electron chi connectivity index (χ2n) is 5.99. The topological polar surface area (TPSA) is 35.2 Å². The van der Waals surface area contributed by atoms with Crippen LogP contribution in [-0.2, 0) is 5.41 Å². The average molecular weight is 249 g/mol. The van der Waals surface area contributed by atoms with Crippen LogP contribution in [0.15, 0.2) is 18.2 Å². The molecule has 0 unspecified atom stereocenters. The Hall–Kier alpha value is -1.09. The summed E-state index contributed by atoms with van der Waals surface area (Å²) in [5, 5.41) is 0. The third-order valence-electron chi connectivity index (χ3n) is 5.04. The van der Waals surface area contributed by atoms with Crippen molar-refractivity contribution in [2.24, 2.45) is 5.73 Å². The highest BCUT2D eigenvalue weighted by Crippen LogP contribution is 2.54. The van der Waals surface area contributed by atoms with Gasteiger partial charge in [0.1, 0.15) is 11.6 Å². The molecule has 0 spiro atoms. The highest BCUT2D eigenvalue weighted by atomic mass is 19.1. The number of rotatable bonds is 2. The van der Waals surface area contributed by atoms with E-state index in [1.54, 1.807) is 19.2 Å². The summed E-state index contributed by atoms with van der Waals surface area (Å²) in [5.74, 6) is 0.651. The fourth-order valence-corrected chi connectivity index (χ4v) is 3.71. The van der Waals surface area contributed by atoms with Gasteiger partial charge in [-0.2, -0.15) is 0 Å². The minimum atomic E-state index is -0.171. The summed E-state index contributed by atoms with van der Waals surface area (Å²) in [6.07, 6.45) is 6.32. The molecule has 98 valence electrons. The van der Waals surface area contributed by atoms with Crippen molar-refractivity contribution < 1.29 is 9.13 Å². The van der Waals surface area contributed by atoms with Gasteiger partial charge >= 0.3 is 0 Å². The van der Waals surface area contributed by atoms with Gasteiger partial charge in [-0.1, -0.05) is 0 Å². The average Bonchev–Trinajstić information content (AvgIpc) is 2.40. The summed E-state index contributed by atoms with van der Waals surface area (Å²) in [5.41, 5.74) is 7.51. The van der Waals surface area contributed by atoms with Crippen LogP contribution in [0.1, 0.15) is 44.1 Å². The second kappa shape index (κ2) is 3.95. The third-order valence-corrected chi connectivity index (χ3v) is 5.04. The van der Waals surface area contributed by atoms with Crippen LogP contribution < -0.4 is 10.5 Å². The summed E-state index contributed by atoms with van der Waals surface area (Å²) < 4.78 is 19.0. The van der Waals surface area contributed by atoms with Gasteiger partial charge in [-0.3, -0.25) is 0 Å². The Morgan fingerprint density at radius 3 is 2.28 bits per heavy atom. The van der Waals surface area contributed by atoms with E-state index in [-0.39, 0.29) is 16.8 Å². The first kappa shape index (κ1) is 12.0. The molecule has 2 nitrogen and oxygen atoms in total. The van der Waals surface area contributed by atoms with E-state index in [9.17, 15) is 4.39 Å². The molecular weight excluding hydrogens is 229 g/mol. The summed E-state index contributed by atoms with van der Waals surface area (Å²) in [7, 11) is 1.66. The molecule has 2 N–H and O–H groups in total. The normalized spacial score (nSPS) is 34.6. The summed E-state index contributed by atoms with van der Waals surface area (Å²) in [4.78, 5) is 0. The van der Waals surface area contributed by atoms with Crippen LogP contribution in [0.25, 0.3) is 0 Å². The van der Waals surface area contributed by atoms with Gasteiger partial charge in [-0.25, -0.2) is 4.39 Å². The van der Waals surface area contributed by atoms with Crippen LogP contribution >= 0.6 is 0 Å². The number of fused-ring (bicyclic) bond motifs is 3. The molecule has 0 aliphatic heterocycles. The van der Waals surface area contributed by atoms with Crippen LogP contribution in [0.4, 0.5) is 4.39 Å². The molecule has 0 saturated heterocycles. The van der Waals surface area contributed by atoms with Crippen LogP contribution in [0.5, 0.6) is 5.75 Å². The zero-order chi connectivity index (χ0) is 12.8. The number of nitrogens with two attached hydrogens (primary N) is 1. The Bertz CT molecular complexity index is 447. The monoisotopic (exact) mass is 249 g/mol. The molecule has 0 radical (unpaired) electrons. The highest BCUT2D eigenvalue weighted by molar-refractivity contribution is 5.41. The third kappa shape index (κ3) is 1.72. The van der Waals surface area contributed by atoms with Crippen LogP contribution in [0.3, 0.4) is 0 Å². The lowest BCUT2D eigenvalue weighted by Crippen LogP contribution is -2.53. The van der Waals surface area contributed by atoms with Crippen molar-refractivity contribution in [1.82, 2.24) is 0 Å². The molecule has 0 aromatic heterocycles. The van der Waals surface area contributed by atoms with Crippen LogP contribution in [0.2, 0.25) is 0 Å². The maximum Gasteiger partial charge on any atom is 0.123 e. The van der Waals surface area contributed by atoms with Crippen molar-refractivity contribution in [3.05, 3.63) is 29.6 Å². The second-order valence-corrected chi connectivity index (χ2v) is 5.99. The fraction of sp³-hybridized carbons (Fsp3) is 0.600. The predicted octanol–water partition coefficient (Wildman–Crippen LogP) is 3.14. The van der Waals surface area contributed by atoms with Gasteiger partial charge in [0, 0.05) is 11.1 Å². The lowest BCUT2D eigenvalue weighted by molar-refractivity contribution is 0.105. The van der Waals surface area contributed by atoms with Gasteiger partial charge in [0.2, 0.25) is 0 Å². The maximum absolute atomic E-state index is 13.6. The first-order chi connectivity index (χ1) is 8.57. The van der Waals surface area contributed by atoms with Gasteiger partial charge in [-0.15, -0.1) is 0 Å². The number of hydrogen-bond acceptors (Lipinski definition) is 2. The number of halogens is 1. The molecular formula is C15H20FNO. The van der Waals surface area contributed by atoms with E-state index < -0.39 is 0 Å². The Morgan fingerprint density at radius 1 is 1.11 bits per heavy atom. The SMILES string of the molecule is COc1ccc(F)cc1C12CCC(N)(CC1)CC2. The molecule has 0 amide bonds. The first-order valence-electron chi connectivity index (χ1n) is 6.70. The van der Waals surface area contributed by atoms with E-state index in [1.165, 1.54) is 6.07 Å². The lowest BCUT2D eigenvalue weighted by atomic mass is 9.55. The minimum absolute atomic E-state index is 0.0440. The minimum Gasteiger partial charge on any atom is -0.496 e. The Morgan fingerprint density at radius 2 is 1.72 bits per heavy atom. The molecule has 3 saturated carbocycles. The van der Waals surface area contributed by atoms with Gasteiger partial charge in [0.15, 0.2) is 0 Å². The Labute approximate surface area is 107 Å². The zero-order valence-corrected chi connectivity index (χ0v) is 10.8. The Balaban J connectivity index is 2.02. The maximum atomic E-state index is 13.6. The number of ether oxygens (including phenoxy) is 1. The number of methoxy groups -OCH3 is 1. The highest BCUT2D eigenvalue weighted by Gasteiger charge is 2.48. The lowest BCUT2D eigenvalue weighted by Gasteiger charge is -2.52. The molecule has 18 heavy (non-hydrogen) atoms. The van der Waals surface area contributed by atoms with Gasteiger partial charge < -0.3 is 10.5 Å². The van der Waals surface area contributed by atoms with Gasteiger partial charge in [0.25, 0.3) is 0 Å². The number of hydrogen-bond donors (Lipinski definition) is 1. The molecule has 4 rings (SSSR count). The van der Waals surface area contributed by atoms with E-state index in [0.717, 1.165) is 49.8 Å². The quantitative estimate of drug-likeness (QED) is 0.874. The molecule has 3 aliphatic carbocycles. The molecule has 3 heteroatoms. The molecule has 0 atom stereocenters. The zero-order valence-electron chi connectivity index (χ0n) is 10.8. The molecule has 1 aromatic rings. The molecule has 1 aromatic carbocycles. The predicted molar refractivity (Wildman–Crippen MR) is 69.3 cm³/mol. The van der Waals surface area contributed by atoms with Crippen LogP contribution in [0, 0.1) is 5.82 Å².